The molecule has 0 atom stereocenters. The van der Waals surface area contributed by atoms with E-state index in [4.69, 9.17) is 31.0 Å². The molecule has 1 N–H and O–H groups in total. The Balaban J connectivity index is 1.65. The highest BCUT2D eigenvalue weighted by atomic mass is 35.5. The van der Waals surface area contributed by atoms with E-state index in [2.05, 4.69) is 36.2 Å². The maximum Gasteiger partial charge on any atom is 0.183 e. The molecule has 0 spiro atoms. The summed E-state index contributed by atoms with van der Waals surface area (Å²) in [5.74, 6) is 0.778. The first-order valence-electron chi connectivity index (χ1n) is 12.0. The van der Waals surface area contributed by atoms with Gasteiger partial charge in [0.2, 0.25) is 0 Å². The number of fused-ring (bicyclic) bond motifs is 1. The normalized spacial score (nSPS) is 15.3. The molecule has 34 heavy (non-hydrogen) atoms. The Bertz CT molecular complexity index is 1120. The van der Waals surface area contributed by atoms with Gasteiger partial charge in [0.05, 0.1) is 29.4 Å². The van der Waals surface area contributed by atoms with Gasteiger partial charge in [0, 0.05) is 36.0 Å². The van der Waals surface area contributed by atoms with Gasteiger partial charge in [-0.25, -0.2) is 9.97 Å². The molecule has 3 aromatic rings. The standard InChI is InChI=1S/C26H35ClN4O2S/c1-17(2)28-25-30-21(16-34-25)20-15-22(33-26(3,4)5)19-9-8-18(23(27)24(19)29-20)7-6-10-31-11-13-32-14-12-31/h8-9,15-17H,6-7,10-14H2,1-5H3,(H,28,30). The van der Waals surface area contributed by atoms with Crippen molar-refractivity contribution in [3.8, 4) is 17.1 Å². The Morgan fingerprint density at radius 3 is 2.65 bits per heavy atom. The Labute approximate surface area is 211 Å². The van der Waals surface area contributed by atoms with Gasteiger partial charge in [-0.1, -0.05) is 17.7 Å². The quantitative estimate of drug-likeness (QED) is 0.391. The van der Waals surface area contributed by atoms with Crippen LogP contribution in [-0.4, -0.2) is 59.4 Å². The molecule has 1 fully saturated rings. The SMILES string of the molecule is CC(C)Nc1nc(-c2cc(OC(C)(C)C)c3ccc(CCCN4CCOCC4)c(Cl)c3n2)cs1. The van der Waals surface area contributed by atoms with Gasteiger partial charge >= 0.3 is 0 Å². The van der Waals surface area contributed by atoms with Gasteiger partial charge < -0.3 is 14.8 Å². The van der Waals surface area contributed by atoms with Crippen molar-refractivity contribution in [2.75, 3.05) is 38.2 Å². The van der Waals surface area contributed by atoms with E-state index >= 15 is 0 Å². The minimum Gasteiger partial charge on any atom is -0.487 e. The fourth-order valence-electron chi connectivity index (χ4n) is 4.03. The lowest BCUT2D eigenvalue weighted by Crippen LogP contribution is -2.36. The topological polar surface area (TPSA) is 59.5 Å². The molecule has 1 aliphatic heterocycles. The molecule has 8 heteroatoms. The van der Waals surface area contributed by atoms with Crippen LogP contribution in [0, 0.1) is 0 Å². The minimum atomic E-state index is -0.346. The Hall–Kier alpha value is -1.93. The fourth-order valence-corrected chi connectivity index (χ4v) is 5.18. The Morgan fingerprint density at radius 2 is 1.94 bits per heavy atom. The number of morpholine rings is 1. The Morgan fingerprint density at radius 1 is 1.18 bits per heavy atom. The lowest BCUT2D eigenvalue weighted by Gasteiger charge is -2.26. The van der Waals surface area contributed by atoms with Gasteiger partial charge in [0.25, 0.3) is 0 Å². The molecule has 6 nitrogen and oxygen atoms in total. The average molecular weight is 503 g/mol. The smallest absolute Gasteiger partial charge is 0.183 e. The van der Waals surface area contributed by atoms with Crippen LogP contribution >= 0.6 is 22.9 Å². The summed E-state index contributed by atoms with van der Waals surface area (Å²) in [6.07, 6.45) is 1.96. The van der Waals surface area contributed by atoms with Crippen LogP contribution < -0.4 is 10.1 Å². The third kappa shape index (κ3) is 6.39. The van der Waals surface area contributed by atoms with Gasteiger partial charge in [-0.15, -0.1) is 11.3 Å². The van der Waals surface area contributed by atoms with E-state index in [1.807, 2.05) is 32.2 Å². The van der Waals surface area contributed by atoms with Crippen LogP contribution in [0.4, 0.5) is 5.13 Å². The molecule has 184 valence electrons. The van der Waals surface area contributed by atoms with Crippen LogP contribution in [0.25, 0.3) is 22.3 Å². The number of rotatable bonds is 8. The molecule has 1 saturated heterocycles. The molecule has 1 aromatic carbocycles. The van der Waals surface area contributed by atoms with E-state index in [1.165, 1.54) is 0 Å². The van der Waals surface area contributed by atoms with Crippen LogP contribution in [0.1, 0.15) is 46.6 Å². The maximum atomic E-state index is 6.96. The molecule has 2 aromatic heterocycles. The molecule has 4 rings (SSSR count). The maximum absolute atomic E-state index is 6.96. The monoisotopic (exact) mass is 502 g/mol. The number of halogens is 1. The van der Waals surface area contributed by atoms with Gasteiger partial charge in [-0.05, 0) is 65.6 Å². The molecular formula is C26H35ClN4O2S. The van der Waals surface area contributed by atoms with Crippen LogP contribution in [-0.2, 0) is 11.2 Å². The van der Waals surface area contributed by atoms with E-state index in [1.54, 1.807) is 11.3 Å². The van der Waals surface area contributed by atoms with Crippen molar-refractivity contribution >= 4 is 39.0 Å². The lowest BCUT2D eigenvalue weighted by atomic mass is 10.0. The van der Waals surface area contributed by atoms with Crippen molar-refractivity contribution in [3.05, 3.63) is 34.2 Å². The number of anilines is 1. The van der Waals surface area contributed by atoms with Gasteiger partial charge in [0.1, 0.15) is 17.0 Å². The molecule has 0 unspecified atom stereocenters. The van der Waals surface area contributed by atoms with Crippen molar-refractivity contribution < 1.29 is 9.47 Å². The Kier molecular flexibility index (Phi) is 7.97. The van der Waals surface area contributed by atoms with E-state index < -0.39 is 0 Å². The first-order chi connectivity index (χ1) is 16.2. The van der Waals surface area contributed by atoms with E-state index in [0.29, 0.717) is 11.1 Å². The van der Waals surface area contributed by atoms with Crippen molar-refractivity contribution in [1.29, 1.82) is 0 Å². The predicted octanol–water partition coefficient (Wildman–Crippen LogP) is 6.27. The highest BCUT2D eigenvalue weighted by Gasteiger charge is 2.20. The highest BCUT2D eigenvalue weighted by molar-refractivity contribution is 7.14. The summed E-state index contributed by atoms with van der Waals surface area (Å²) >= 11 is 8.54. The van der Waals surface area contributed by atoms with Crippen LogP contribution in [0.2, 0.25) is 5.02 Å². The summed E-state index contributed by atoms with van der Waals surface area (Å²) in [5, 5.41) is 7.91. The summed E-state index contributed by atoms with van der Waals surface area (Å²) < 4.78 is 11.8. The third-order valence-corrected chi connectivity index (χ3v) is 6.78. The van der Waals surface area contributed by atoms with Crippen molar-refractivity contribution in [1.82, 2.24) is 14.9 Å². The highest BCUT2D eigenvalue weighted by Crippen LogP contribution is 2.37. The van der Waals surface area contributed by atoms with Crippen molar-refractivity contribution in [3.63, 3.8) is 0 Å². The second kappa shape index (κ2) is 10.8. The summed E-state index contributed by atoms with van der Waals surface area (Å²) in [6.45, 7) is 15.1. The zero-order chi connectivity index (χ0) is 24.3. The summed E-state index contributed by atoms with van der Waals surface area (Å²) in [5.41, 5.74) is 3.14. The molecule has 0 radical (unpaired) electrons. The molecule has 3 heterocycles. The van der Waals surface area contributed by atoms with Gasteiger partial charge in [0.15, 0.2) is 5.13 Å². The summed E-state index contributed by atoms with van der Waals surface area (Å²) in [6, 6.07) is 6.51. The number of benzene rings is 1. The summed E-state index contributed by atoms with van der Waals surface area (Å²) in [4.78, 5) is 12.2. The molecule has 1 aliphatic rings. The number of thiazole rings is 1. The number of aryl methyl sites for hydroxylation is 1. The lowest BCUT2D eigenvalue weighted by molar-refractivity contribution is 0.0375. The van der Waals surface area contributed by atoms with E-state index in [0.717, 1.165) is 84.4 Å². The molecule has 0 amide bonds. The predicted molar refractivity (Wildman–Crippen MR) is 143 cm³/mol. The summed E-state index contributed by atoms with van der Waals surface area (Å²) in [7, 11) is 0. The largest absolute Gasteiger partial charge is 0.487 e. The number of aromatic nitrogens is 2. The number of nitrogens with one attached hydrogen (secondary N) is 1. The van der Waals surface area contributed by atoms with E-state index in [9.17, 15) is 0 Å². The second-order valence-electron chi connectivity index (χ2n) is 10.0. The second-order valence-corrected chi connectivity index (χ2v) is 11.3. The van der Waals surface area contributed by atoms with E-state index in [-0.39, 0.29) is 5.60 Å². The zero-order valence-electron chi connectivity index (χ0n) is 20.8. The van der Waals surface area contributed by atoms with Gasteiger partial charge in [-0.2, -0.15) is 0 Å². The third-order valence-electron chi connectivity index (χ3n) is 5.58. The molecule has 0 aliphatic carbocycles. The number of hydrogen-bond acceptors (Lipinski definition) is 7. The number of hydrogen-bond donors (Lipinski definition) is 1. The zero-order valence-corrected chi connectivity index (χ0v) is 22.4. The first-order valence-corrected chi connectivity index (χ1v) is 13.3. The van der Waals surface area contributed by atoms with Crippen LogP contribution in [0.3, 0.4) is 0 Å². The first kappa shape index (κ1) is 25.2. The molecule has 0 saturated carbocycles. The minimum absolute atomic E-state index is 0.317. The fraction of sp³-hybridized carbons (Fsp3) is 0.538. The van der Waals surface area contributed by atoms with Crippen molar-refractivity contribution in [2.45, 2.75) is 59.1 Å². The number of nitrogens with zero attached hydrogens (tertiary/aromatic N) is 3. The van der Waals surface area contributed by atoms with Crippen LogP contribution in [0.5, 0.6) is 5.75 Å². The molecular weight excluding hydrogens is 468 g/mol. The van der Waals surface area contributed by atoms with Crippen LogP contribution in [0.15, 0.2) is 23.6 Å². The molecule has 0 bridgehead atoms. The number of pyridine rings is 1. The average Bonchev–Trinajstić information content (AvgIpc) is 3.23. The number of ether oxygens (including phenoxy) is 2. The van der Waals surface area contributed by atoms with Gasteiger partial charge in [-0.3, -0.25) is 4.90 Å². The van der Waals surface area contributed by atoms with Crippen molar-refractivity contribution in [2.24, 2.45) is 0 Å².